The summed E-state index contributed by atoms with van der Waals surface area (Å²) in [6, 6.07) is 9.71. The molecule has 0 saturated carbocycles. The van der Waals surface area contributed by atoms with Crippen molar-refractivity contribution in [1.82, 2.24) is 4.57 Å². The molecule has 3 aromatic rings. The van der Waals surface area contributed by atoms with E-state index in [-0.39, 0.29) is 5.69 Å². The molecule has 0 N–H and O–H groups in total. The molecule has 1 aromatic heterocycles. The molecule has 9 heteroatoms. The number of nitro benzene ring substituents is 1. The molecule has 2 heterocycles. The molecule has 0 aliphatic carbocycles. The number of non-ortho nitro benzene ring substituents is 1. The van der Waals surface area contributed by atoms with E-state index in [9.17, 15) is 14.9 Å². The van der Waals surface area contributed by atoms with E-state index in [1.165, 1.54) is 29.5 Å². The average Bonchev–Trinajstić information content (AvgIpc) is 2.99. The molecule has 0 saturated heterocycles. The third kappa shape index (κ3) is 3.52. The summed E-state index contributed by atoms with van der Waals surface area (Å²) in [5.74, 6) is 0.956. The molecule has 0 spiro atoms. The highest BCUT2D eigenvalue weighted by molar-refractivity contribution is 7.16. The van der Waals surface area contributed by atoms with E-state index in [2.05, 4.69) is 4.99 Å². The van der Waals surface area contributed by atoms with Crippen LogP contribution in [-0.4, -0.2) is 28.6 Å². The van der Waals surface area contributed by atoms with Gasteiger partial charge in [0.25, 0.3) is 11.6 Å². The van der Waals surface area contributed by atoms with E-state index in [1.54, 1.807) is 18.2 Å². The zero-order chi connectivity index (χ0) is 19.7. The normalized spacial score (nSPS) is 14.0. The quantitative estimate of drug-likeness (QED) is 0.384. The number of aromatic nitrogens is 1. The standard InChI is InChI=1S/C19H15N3O5S/c1-21-14-10-15-16(27-9-8-26-15)11-17(14)28-19(21)20-18(23)7-4-12-2-5-13(6-3-12)22(24)25/h2-7,10-11H,8-9H2,1H3. The van der Waals surface area contributed by atoms with Gasteiger partial charge in [-0.05, 0) is 23.8 Å². The molecule has 0 bridgehead atoms. The first-order chi connectivity index (χ1) is 13.5. The van der Waals surface area contributed by atoms with Crippen molar-refractivity contribution in [2.24, 2.45) is 12.0 Å². The number of aryl methyl sites for hydroxylation is 1. The van der Waals surface area contributed by atoms with Crippen LogP contribution in [0.5, 0.6) is 11.5 Å². The first kappa shape index (κ1) is 17.9. The van der Waals surface area contributed by atoms with Gasteiger partial charge >= 0.3 is 0 Å². The maximum absolute atomic E-state index is 12.2. The number of fused-ring (bicyclic) bond motifs is 2. The molecule has 0 radical (unpaired) electrons. The smallest absolute Gasteiger partial charge is 0.272 e. The Morgan fingerprint density at radius 2 is 1.89 bits per heavy atom. The van der Waals surface area contributed by atoms with Crippen molar-refractivity contribution in [2.75, 3.05) is 13.2 Å². The van der Waals surface area contributed by atoms with Gasteiger partial charge in [-0.15, -0.1) is 0 Å². The second-order valence-electron chi connectivity index (χ2n) is 6.04. The Kier molecular flexibility index (Phi) is 4.66. The second-order valence-corrected chi connectivity index (χ2v) is 7.05. The van der Waals surface area contributed by atoms with Crippen molar-refractivity contribution in [3.05, 3.63) is 63.0 Å². The average molecular weight is 397 g/mol. The molecule has 0 unspecified atom stereocenters. The SMILES string of the molecule is Cn1c(=NC(=O)C=Cc2ccc([N+](=O)[O-])cc2)sc2cc3c(cc21)OCCO3. The lowest BCUT2D eigenvalue weighted by atomic mass is 10.2. The second kappa shape index (κ2) is 7.28. The van der Waals surface area contributed by atoms with Gasteiger partial charge in [-0.1, -0.05) is 11.3 Å². The summed E-state index contributed by atoms with van der Waals surface area (Å²) in [5.41, 5.74) is 1.58. The highest BCUT2D eigenvalue weighted by Crippen LogP contribution is 2.35. The van der Waals surface area contributed by atoms with Crippen molar-refractivity contribution in [1.29, 1.82) is 0 Å². The number of carbonyl (C=O) groups is 1. The topological polar surface area (TPSA) is 96.0 Å². The van der Waals surface area contributed by atoms with Crippen LogP contribution >= 0.6 is 11.3 Å². The number of hydrogen-bond donors (Lipinski definition) is 0. The predicted octanol–water partition coefficient (Wildman–Crippen LogP) is 3.06. The van der Waals surface area contributed by atoms with Crippen molar-refractivity contribution < 1.29 is 19.2 Å². The lowest BCUT2D eigenvalue weighted by Gasteiger charge is -2.18. The van der Waals surface area contributed by atoms with Crippen LogP contribution in [-0.2, 0) is 11.8 Å². The molecule has 1 aliphatic heterocycles. The van der Waals surface area contributed by atoms with E-state index in [4.69, 9.17) is 9.47 Å². The number of thiazole rings is 1. The molecule has 0 atom stereocenters. The molecule has 0 fully saturated rings. The number of amides is 1. The molecule has 2 aromatic carbocycles. The van der Waals surface area contributed by atoms with Gasteiger partial charge in [0.2, 0.25) is 0 Å². The largest absolute Gasteiger partial charge is 0.486 e. The molecule has 1 amide bonds. The highest BCUT2D eigenvalue weighted by Gasteiger charge is 2.15. The number of carbonyl (C=O) groups excluding carboxylic acids is 1. The number of hydrogen-bond acceptors (Lipinski definition) is 6. The van der Waals surface area contributed by atoms with Gasteiger partial charge in [-0.25, -0.2) is 0 Å². The molecular formula is C19H15N3O5S. The summed E-state index contributed by atoms with van der Waals surface area (Å²) < 4.78 is 14.0. The van der Waals surface area contributed by atoms with E-state index < -0.39 is 10.8 Å². The monoisotopic (exact) mass is 397 g/mol. The van der Waals surface area contributed by atoms with Gasteiger partial charge in [0, 0.05) is 37.4 Å². The highest BCUT2D eigenvalue weighted by atomic mass is 32.1. The Balaban J connectivity index is 1.60. The number of benzene rings is 2. The van der Waals surface area contributed by atoms with Crippen LogP contribution in [0.25, 0.3) is 16.3 Å². The maximum Gasteiger partial charge on any atom is 0.272 e. The fourth-order valence-electron chi connectivity index (χ4n) is 2.78. The van der Waals surface area contributed by atoms with Crippen LogP contribution in [0.1, 0.15) is 5.56 Å². The number of nitro groups is 1. The van der Waals surface area contributed by atoms with Crippen molar-refractivity contribution >= 4 is 39.2 Å². The Labute approximate surface area is 163 Å². The summed E-state index contributed by atoms with van der Waals surface area (Å²) in [5, 5.41) is 10.7. The van der Waals surface area contributed by atoms with Crippen LogP contribution in [0.2, 0.25) is 0 Å². The van der Waals surface area contributed by atoms with Crippen LogP contribution < -0.4 is 14.3 Å². The minimum Gasteiger partial charge on any atom is -0.486 e. The Morgan fingerprint density at radius 3 is 2.57 bits per heavy atom. The van der Waals surface area contributed by atoms with Crippen LogP contribution in [0.3, 0.4) is 0 Å². The van der Waals surface area contributed by atoms with Gasteiger partial charge in [0.1, 0.15) is 13.2 Å². The molecule has 1 aliphatic rings. The molecule has 4 rings (SSSR count). The lowest BCUT2D eigenvalue weighted by molar-refractivity contribution is -0.384. The Morgan fingerprint density at radius 1 is 1.21 bits per heavy atom. The zero-order valence-corrected chi connectivity index (χ0v) is 15.6. The van der Waals surface area contributed by atoms with E-state index in [0.29, 0.717) is 35.1 Å². The lowest BCUT2D eigenvalue weighted by Crippen LogP contribution is -2.15. The first-order valence-corrected chi connectivity index (χ1v) is 9.23. The van der Waals surface area contributed by atoms with Gasteiger partial charge in [0.15, 0.2) is 16.3 Å². The van der Waals surface area contributed by atoms with Gasteiger partial charge < -0.3 is 14.0 Å². The Hall–Kier alpha value is -3.46. The Bertz CT molecular complexity index is 1170. The number of ether oxygens (including phenoxy) is 2. The van der Waals surface area contributed by atoms with Crippen molar-refractivity contribution in [3.8, 4) is 11.5 Å². The van der Waals surface area contributed by atoms with Crippen LogP contribution in [0, 0.1) is 10.1 Å². The summed E-state index contributed by atoms with van der Waals surface area (Å²) in [4.78, 5) is 27.1. The third-order valence-corrected chi connectivity index (χ3v) is 5.30. The minimum atomic E-state index is -0.469. The summed E-state index contributed by atoms with van der Waals surface area (Å²) in [7, 11) is 1.83. The van der Waals surface area contributed by atoms with Crippen molar-refractivity contribution in [3.63, 3.8) is 0 Å². The summed E-state index contributed by atoms with van der Waals surface area (Å²) >= 11 is 1.38. The third-order valence-electron chi connectivity index (χ3n) is 4.20. The summed E-state index contributed by atoms with van der Waals surface area (Å²) in [6.07, 6.45) is 2.91. The van der Waals surface area contributed by atoms with Gasteiger partial charge in [0.05, 0.1) is 15.1 Å². The molecule has 142 valence electrons. The van der Waals surface area contributed by atoms with Gasteiger partial charge in [-0.3, -0.25) is 14.9 Å². The number of nitrogens with zero attached hydrogens (tertiary/aromatic N) is 3. The fourth-order valence-corrected chi connectivity index (χ4v) is 3.81. The minimum absolute atomic E-state index is 0.00104. The van der Waals surface area contributed by atoms with Crippen LogP contribution in [0.15, 0.2) is 47.5 Å². The van der Waals surface area contributed by atoms with E-state index in [0.717, 1.165) is 10.2 Å². The van der Waals surface area contributed by atoms with Crippen molar-refractivity contribution in [2.45, 2.75) is 0 Å². The fraction of sp³-hybridized carbons (Fsp3) is 0.158. The predicted molar refractivity (Wildman–Crippen MR) is 104 cm³/mol. The van der Waals surface area contributed by atoms with E-state index in [1.807, 2.05) is 23.7 Å². The number of rotatable bonds is 3. The first-order valence-electron chi connectivity index (χ1n) is 8.42. The van der Waals surface area contributed by atoms with Gasteiger partial charge in [-0.2, -0.15) is 4.99 Å². The van der Waals surface area contributed by atoms with Crippen LogP contribution in [0.4, 0.5) is 5.69 Å². The maximum atomic E-state index is 12.2. The zero-order valence-electron chi connectivity index (χ0n) is 14.8. The molecule has 28 heavy (non-hydrogen) atoms. The molecular weight excluding hydrogens is 382 g/mol. The molecule has 8 nitrogen and oxygen atoms in total. The summed E-state index contributed by atoms with van der Waals surface area (Å²) in [6.45, 7) is 1.02. The van der Waals surface area contributed by atoms with E-state index >= 15 is 0 Å².